The summed E-state index contributed by atoms with van der Waals surface area (Å²) in [4.78, 5) is 22.3. The molecule has 7 heteroatoms. The first-order valence-corrected chi connectivity index (χ1v) is 5.16. The van der Waals surface area contributed by atoms with E-state index >= 15 is 0 Å². The van der Waals surface area contributed by atoms with Gasteiger partial charge in [0.05, 0.1) is 10.7 Å². The van der Waals surface area contributed by atoms with E-state index in [0.717, 1.165) is 3.57 Å². The van der Waals surface area contributed by atoms with Crippen LogP contribution in [-0.2, 0) is 16.6 Å². The second-order valence-electron chi connectivity index (χ2n) is 2.76. The van der Waals surface area contributed by atoms with E-state index in [1.165, 1.54) is 11.8 Å². The van der Waals surface area contributed by atoms with E-state index in [9.17, 15) is 9.59 Å². The maximum atomic E-state index is 11.5. The molecule has 1 N–H and O–H groups in total. The van der Waals surface area contributed by atoms with Crippen LogP contribution in [0.5, 0.6) is 0 Å². The van der Waals surface area contributed by atoms with Crippen molar-refractivity contribution in [2.45, 2.75) is 0 Å². The van der Waals surface area contributed by atoms with Crippen molar-refractivity contribution in [3.8, 4) is 0 Å². The summed E-state index contributed by atoms with van der Waals surface area (Å²) in [5, 5.41) is 6.37. The molecule has 0 aliphatic heterocycles. The Morgan fingerprint density at radius 2 is 2.33 bits per heavy atom. The van der Waals surface area contributed by atoms with Gasteiger partial charge in [0.25, 0.3) is 5.91 Å². The number of amides is 1. The Labute approximate surface area is 100 Å². The van der Waals surface area contributed by atoms with Gasteiger partial charge in [-0.3, -0.25) is 14.3 Å². The summed E-state index contributed by atoms with van der Waals surface area (Å²) in [5.41, 5.74) is 0.307. The summed E-state index contributed by atoms with van der Waals surface area (Å²) in [6, 6.07) is 0. The molecule has 1 aromatic heterocycles. The zero-order valence-electron chi connectivity index (χ0n) is 8.28. The van der Waals surface area contributed by atoms with Crippen LogP contribution in [-0.4, -0.2) is 35.3 Å². The van der Waals surface area contributed by atoms with Gasteiger partial charge in [-0.15, -0.1) is 0 Å². The summed E-state index contributed by atoms with van der Waals surface area (Å²) in [6.07, 6.45) is 1.72. The minimum atomic E-state index is -0.491. The molecule has 0 aromatic carbocycles. The normalized spacial score (nSPS) is 9.80. The lowest BCUT2D eigenvalue weighted by Gasteiger charge is -2.01. The van der Waals surface area contributed by atoms with Gasteiger partial charge in [0.15, 0.2) is 5.69 Å². The van der Waals surface area contributed by atoms with E-state index in [1.807, 2.05) is 22.6 Å². The number of ether oxygens (including phenoxy) is 1. The number of carbonyl (C=O) groups is 2. The zero-order valence-corrected chi connectivity index (χ0v) is 10.4. The molecule has 82 valence electrons. The molecule has 0 bridgehead atoms. The van der Waals surface area contributed by atoms with Crippen LogP contribution >= 0.6 is 22.6 Å². The van der Waals surface area contributed by atoms with Crippen LogP contribution in [0.3, 0.4) is 0 Å². The molecule has 0 saturated heterocycles. The highest BCUT2D eigenvalue weighted by atomic mass is 127. The number of halogens is 1. The monoisotopic (exact) mass is 323 g/mol. The van der Waals surface area contributed by atoms with Gasteiger partial charge in [-0.25, -0.2) is 0 Å². The molecule has 0 spiro atoms. The molecular weight excluding hydrogens is 313 g/mol. The third-order valence-electron chi connectivity index (χ3n) is 1.62. The fourth-order valence-corrected chi connectivity index (χ4v) is 1.68. The number of esters is 1. The molecule has 0 aliphatic rings. The van der Waals surface area contributed by atoms with Crippen molar-refractivity contribution in [2.75, 3.05) is 13.7 Å². The number of aryl methyl sites for hydroxylation is 1. The molecule has 6 nitrogen and oxygen atoms in total. The summed E-state index contributed by atoms with van der Waals surface area (Å²) in [6.45, 7) is -0.151. The van der Waals surface area contributed by atoms with E-state index in [0.29, 0.717) is 5.69 Å². The van der Waals surface area contributed by atoms with Gasteiger partial charge in [-0.1, -0.05) is 0 Å². The number of rotatable bonds is 3. The van der Waals surface area contributed by atoms with Crippen molar-refractivity contribution in [3.05, 3.63) is 15.5 Å². The molecular formula is C8H10IN3O3. The molecule has 0 unspecified atom stereocenters. The fraction of sp³-hybridized carbons (Fsp3) is 0.375. The van der Waals surface area contributed by atoms with Crippen LogP contribution in [0.4, 0.5) is 0 Å². The number of aromatic nitrogens is 2. The number of methoxy groups -OCH3 is 1. The van der Waals surface area contributed by atoms with Crippen LogP contribution in [0, 0.1) is 3.57 Å². The molecule has 0 fully saturated rings. The molecule has 0 radical (unpaired) electrons. The van der Waals surface area contributed by atoms with Gasteiger partial charge < -0.3 is 10.1 Å². The fourth-order valence-electron chi connectivity index (χ4n) is 0.922. The molecule has 1 rings (SSSR count). The van der Waals surface area contributed by atoms with Gasteiger partial charge in [0.1, 0.15) is 6.54 Å². The predicted molar refractivity (Wildman–Crippen MR) is 60.3 cm³/mol. The minimum absolute atomic E-state index is 0.151. The van der Waals surface area contributed by atoms with E-state index in [4.69, 9.17) is 0 Å². The molecule has 15 heavy (non-hydrogen) atoms. The molecule has 0 aliphatic carbocycles. The van der Waals surface area contributed by atoms with Crippen molar-refractivity contribution in [2.24, 2.45) is 7.05 Å². The van der Waals surface area contributed by atoms with Crippen molar-refractivity contribution < 1.29 is 14.3 Å². The van der Waals surface area contributed by atoms with Crippen molar-refractivity contribution >= 4 is 34.5 Å². The van der Waals surface area contributed by atoms with Crippen LogP contribution < -0.4 is 5.32 Å². The second kappa shape index (κ2) is 5.10. The van der Waals surface area contributed by atoms with Gasteiger partial charge in [-0.05, 0) is 22.6 Å². The number of nitrogens with zero attached hydrogens (tertiary/aromatic N) is 2. The van der Waals surface area contributed by atoms with Gasteiger partial charge >= 0.3 is 5.97 Å². The second-order valence-corrected chi connectivity index (χ2v) is 3.92. The van der Waals surface area contributed by atoms with Crippen molar-refractivity contribution in [1.29, 1.82) is 0 Å². The van der Waals surface area contributed by atoms with Crippen LogP contribution in [0.2, 0.25) is 0 Å². The lowest BCUT2D eigenvalue weighted by molar-refractivity contribution is -0.139. The zero-order chi connectivity index (χ0) is 11.4. The average molecular weight is 323 g/mol. The van der Waals surface area contributed by atoms with E-state index in [-0.39, 0.29) is 12.5 Å². The average Bonchev–Trinajstić information content (AvgIpc) is 2.53. The Hall–Kier alpha value is -1.12. The van der Waals surface area contributed by atoms with Gasteiger partial charge in [0, 0.05) is 13.2 Å². The number of hydrogen-bond acceptors (Lipinski definition) is 4. The SMILES string of the molecule is COC(=O)CNC(=O)c1nn(C)cc1I. The first kappa shape index (κ1) is 12.0. The third kappa shape index (κ3) is 3.18. The topological polar surface area (TPSA) is 73.2 Å². The van der Waals surface area contributed by atoms with Crippen molar-refractivity contribution in [1.82, 2.24) is 15.1 Å². The number of carbonyl (C=O) groups excluding carboxylic acids is 2. The van der Waals surface area contributed by atoms with E-state index in [2.05, 4.69) is 15.2 Å². The van der Waals surface area contributed by atoms with Crippen LogP contribution in [0.25, 0.3) is 0 Å². The lowest BCUT2D eigenvalue weighted by Crippen LogP contribution is -2.30. The summed E-state index contributed by atoms with van der Waals surface area (Å²) >= 11 is 2.00. The third-order valence-corrected chi connectivity index (χ3v) is 2.41. The first-order valence-electron chi connectivity index (χ1n) is 4.08. The van der Waals surface area contributed by atoms with Gasteiger partial charge in [0.2, 0.25) is 0 Å². The van der Waals surface area contributed by atoms with E-state index < -0.39 is 5.97 Å². The Morgan fingerprint density at radius 1 is 1.67 bits per heavy atom. The lowest BCUT2D eigenvalue weighted by atomic mass is 10.4. The molecule has 1 aromatic rings. The van der Waals surface area contributed by atoms with Crippen LogP contribution in [0.1, 0.15) is 10.5 Å². The minimum Gasteiger partial charge on any atom is -0.468 e. The first-order chi connectivity index (χ1) is 7.04. The summed E-state index contributed by atoms with van der Waals surface area (Å²) in [7, 11) is 2.98. The van der Waals surface area contributed by atoms with Gasteiger partial charge in [-0.2, -0.15) is 5.10 Å². The molecule has 0 atom stereocenters. The predicted octanol–water partition coefficient (Wildman–Crippen LogP) is -0.0725. The molecule has 1 amide bonds. The maximum absolute atomic E-state index is 11.5. The Bertz CT molecular complexity index is 388. The molecule has 1 heterocycles. The largest absolute Gasteiger partial charge is 0.468 e. The van der Waals surface area contributed by atoms with Crippen LogP contribution in [0.15, 0.2) is 6.20 Å². The highest BCUT2D eigenvalue weighted by Gasteiger charge is 2.14. The Balaban J connectivity index is 2.61. The standard InChI is InChI=1S/C8H10IN3O3/c1-12-4-5(9)7(11-12)8(14)10-3-6(13)15-2/h4H,3H2,1-2H3,(H,10,14). The number of nitrogens with one attached hydrogen (secondary N) is 1. The number of hydrogen-bond donors (Lipinski definition) is 1. The smallest absolute Gasteiger partial charge is 0.325 e. The molecule has 0 saturated carbocycles. The maximum Gasteiger partial charge on any atom is 0.325 e. The Morgan fingerprint density at radius 3 is 2.80 bits per heavy atom. The summed E-state index contributed by atoms with van der Waals surface area (Å²) < 4.78 is 6.66. The highest BCUT2D eigenvalue weighted by Crippen LogP contribution is 2.08. The van der Waals surface area contributed by atoms with E-state index in [1.54, 1.807) is 13.2 Å². The quantitative estimate of drug-likeness (QED) is 0.624. The van der Waals surface area contributed by atoms with Crippen molar-refractivity contribution in [3.63, 3.8) is 0 Å². The summed E-state index contributed by atoms with van der Waals surface area (Å²) in [5.74, 6) is -0.875. The Kier molecular flexibility index (Phi) is 4.06. The highest BCUT2D eigenvalue weighted by molar-refractivity contribution is 14.1.